The number of methoxy groups -OCH3 is 1. The van der Waals surface area contributed by atoms with E-state index in [0.717, 1.165) is 51.9 Å². The van der Waals surface area contributed by atoms with Crippen LogP contribution in [0, 0.1) is 0 Å². The number of carbonyl (C=O) groups is 2. The summed E-state index contributed by atoms with van der Waals surface area (Å²) in [6, 6.07) is 21.9. The van der Waals surface area contributed by atoms with Crippen LogP contribution in [0.25, 0.3) is 33.3 Å². The molecule has 4 aromatic rings. The molecule has 41 heavy (non-hydrogen) atoms. The zero-order valence-corrected chi connectivity index (χ0v) is 23.5. The predicted molar refractivity (Wildman–Crippen MR) is 160 cm³/mol. The first-order valence-electron chi connectivity index (χ1n) is 14.5. The van der Waals surface area contributed by atoms with Crippen molar-refractivity contribution in [3.05, 3.63) is 77.9 Å². The number of ether oxygens (including phenoxy) is 2. The van der Waals surface area contributed by atoms with Gasteiger partial charge in [-0.15, -0.1) is 0 Å². The average molecular weight is 553 g/mol. The van der Waals surface area contributed by atoms with Gasteiger partial charge in [0.05, 0.1) is 37.1 Å². The number of aromatic carboxylic acids is 1. The Labute approximate surface area is 240 Å². The molecule has 1 saturated carbocycles. The van der Waals surface area contributed by atoms with Gasteiger partial charge in [0.25, 0.3) is 0 Å². The van der Waals surface area contributed by atoms with Gasteiger partial charge in [-0.2, -0.15) is 0 Å². The number of carboxylic acid groups (broad SMARTS) is 1. The molecule has 7 nitrogen and oxygen atoms in total. The van der Waals surface area contributed by atoms with Crippen LogP contribution in [0.5, 0.6) is 5.75 Å². The molecule has 1 aromatic heterocycles. The zero-order valence-electron chi connectivity index (χ0n) is 23.5. The maximum absolute atomic E-state index is 13.6. The molecule has 212 valence electrons. The summed E-state index contributed by atoms with van der Waals surface area (Å²) >= 11 is 0. The molecule has 6 rings (SSSR count). The van der Waals surface area contributed by atoms with Crippen LogP contribution < -0.4 is 4.74 Å². The minimum Gasteiger partial charge on any atom is -0.497 e. The van der Waals surface area contributed by atoms with E-state index in [1.807, 2.05) is 29.2 Å². The van der Waals surface area contributed by atoms with Crippen LogP contribution in [-0.2, 0) is 16.1 Å². The Hall–Kier alpha value is -4.10. The number of hydrogen-bond donors (Lipinski definition) is 1. The highest BCUT2D eigenvalue weighted by Crippen LogP contribution is 2.44. The van der Waals surface area contributed by atoms with E-state index in [2.05, 4.69) is 34.9 Å². The number of benzene rings is 3. The van der Waals surface area contributed by atoms with Gasteiger partial charge in [-0.25, -0.2) is 4.79 Å². The van der Waals surface area contributed by atoms with Crippen molar-refractivity contribution >= 4 is 22.8 Å². The van der Waals surface area contributed by atoms with E-state index in [1.165, 1.54) is 24.8 Å². The lowest BCUT2D eigenvalue weighted by Gasteiger charge is -2.28. The minimum atomic E-state index is -0.970. The first kappa shape index (κ1) is 27.1. The Balaban J connectivity index is 1.51. The zero-order chi connectivity index (χ0) is 28.3. The molecule has 0 unspecified atom stereocenters. The van der Waals surface area contributed by atoms with Crippen LogP contribution >= 0.6 is 0 Å². The molecule has 0 radical (unpaired) electrons. The first-order valence-corrected chi connectivity index (χ1v) is 14.5. The van der Waals surface area contributed by atoms with Gasteiger partial charge in [0.1, 0.15) is 12.3 Å². The maximum atomic E-state index is 13.6. The molecule has 2 heterocycles. The molecule has 0 bridgehead atoms. The average Bonchev–Trinajstić information content (AvgIpc) is 3.35. The Morgan fingerprint density at radius 3 is 2.34 bits per heavy atom. The highest BCUT2D eigenvalue weighted by atomic mass is 16.5. The van der Waals surface area contributed by atoms with Crippen molar-refractivity contribution in [3.8, 4) is 28.1 Å². The van der Waals surface area contributed by atoms with Crippen molar-refractivity contribution < 1.29 is 24.2 Å². The molecule has 7 heteroatoms. The normalized spacial score (nSPS) is 16.2. The van der Waals surface area contributed by atoms with E-state index in [1.54, 1.807) is 19.2 Å². The maximum Gasteiger partial charge on any atom is 0.335 e. The molecule has 1 aliphatic carbocycles. The SMILES string of the molecule is COc1cccc(-c2ccc(-c3c(C4CCCCC4)c4ccc(C(=O)O)cc4n3CC(=O)N3CCOCC3)cc2)c1. The monoisotopic (exact) mass is 552 g/mol. The van der Waals surface area contributed by atoms with Crippen molar-refractivity contribution in [2.24, 2.45) is 0 Å². The van der Waals surface area contributed by atoms with Crippen LogP contribution in [0.4, 0.5) is 0 Å². The molecule has 3 aromatic carbocycles. The molecular weight excluding hydrogens is 516 g/mol. The van der Waals surface area contributed by atoms with Crippen molar-refractivity contribution in [1.82, 2.24) is 9.47 Å². The van der Waals surface area contributed by atoms with Gasteiger partial charge in [-0.1, -0.05) is 61.7 Å². The molecule has 1 aliphatic heterocycles. The van der Waals surface area contributed by atoms with Crippen LogP contribution in [0.1, 0.15) is 53.9 Å². The fraction of sp³-hybridized carbons (Fsp3) is 0.353. The third-order valence-corrected chi connectivity index (χ3v) is 8.58. The molecule has 0 atom stereocenters. The molecule has 2 aliphatic rings. The van der Waals surface area contributed by atoms with Crippen molar-refractivity contribution in [2.45, 2.75) is 44.6 Å². The first-order chi connectivity index (χ1) is 20.0. The third kappa shape index (κ3) is 5.46. The smallest absolute Gasteiger partial charge is 0.335 e. The number of carbonyl (C=O) groups excluding carboxylic acids is 1. The van der Waals surface area contributed by atoms with E-state index >= 15 is 0 Å². The van der Waals surface area contributed by atoms with Crippen molar-refractivity contribution in [2.75, 3.05) is 33.4 Å². The van der Waals surface area contributed by atoms with Crippen LogP contribution in [-0.4, -0.2) is 59.9 Å². The lowest BCUT2D eigenvalue weighted by atomic mass is 9.81. The third-order valence-electron chi connectivity index (χ3n) is 8.58. The molecule has 0 spiro atoms. The second-order valence-electron chi connectivity index (χ2n) is 11.0. The lowest BCUT2D eigenvalue weighted by Crippen LogP contribution is -2.42. The van der Waals surface area contributed by atoms with Gasteiger partial charge in [-0.3, -0.25) is 4.79 Å². The topological polar surface area (TPSA) is 81.0 Å². The number of nitrogens with zero attached hydrogens (tertiary/aromatic N) is 2. The van der Waals surface area contributed by atoms with Crippen molar-refractivity contribution in [3.63, 3.8) is 0 Å². The van der Waals surface area contributed by atoms with Crippen LogP contribution in [0.3, 0.4) is 0 Å². The Morgan fingerprint density at radius 2 is 1.63 bits per heavy atom. The fourth-order valence-corrected chi connectivity index (χ4v) is 6.46. The predicted octanol–water partition coefficient (Wildman–Crippen LogP) is 6.59. The van der Waals surface area contributed by atoms with Gasteiger partial charge in [0.2, 0.25) is 5.91 Å². The number of fused-ring (bicyclic) bond motifs is 1. The summed E-state index contributed by atoms with van der Waals surface area (Å²) < 4.78 is 13.0. The lowest BCUT2D eigenvalue weighted by molar-refractivity contribution is -0.135. The molecule has 2 fully saturated rings. The van der Waals surface area contributed by atoms with E-state index in [4.69, 9.17) is 9.47 Å². The van der Waals surface area contributed by atoms with Gasteiger partial charge in [-0.05, 0) is 65.3 Å². The summed E-state index contributed by atoms with van der Waals surface area (Å²) in [6.07, 6.45) is 5.76. The number of aromatic nitrogens is 1. The highest BCUT2D eigenvalue weighted by molar-refractivity contribution is 5.99. The van der Waals surface area contributed by atoms with E-state index in [-0.39, 0.29) is 18.0 Å². The van der Waals surface area contributed by atoms with E-state index < -0.39 is 5.97 Å². The summed E-state index contributed by atoms with van der Waals surface area (Å²) in [5.74, 6) is 0.217. The number of carboxylic acids is 1. The van der Waals surface area contributed by atoms with E-state index in [0.29, 0.717) is 32.2 Å². The van der Waals surface area contributed by atoms with Gasteiger partial charge < -0.3 is 24.0 Å². The summed E-state index contributed by atoms with van der Waals surface area (Å²) in [4.78, 5) is 27.5. The second kappa shape index (κ2) is 11.8. The molecular formula is C34H36N2O5. The molecule has 1 amide bonds. The molecule has 1 saturated heterocycles. The number of morpholine rings is 1. The fourth-order valence-electron chi connectivity index (χ4n) is 6.46. The summed E-state index contributed by atoms with van der Waals surface area (Å²) in [6.45, 7) is 2.36. The van der Waals surface area contributed by atoms with Gasteiger partial charge in [0.15, 0.2) is 0 Å². The largest absolute Gasteiger partial charge is 0.497 e. The van der Waals surface area contributed by atoms with Gasteiger partial charge >= 0.3 is 5.97 Å². The minimum absolute atomic E-state index is 0.0235. The highest BCUT2D eigenvalue weighted by Gasteiger charge is 2.29. The molecule has 1 N–H and O–H groups in total. The Kier molecular flexibility index (Phi) is 7.79. The number of amides is 1. The standard InChI is InChI=1S/C34H36N2O5/c1-40-28-9-5-8-26(20-28)23-10-12-25(13-11-23)33-32(24-6-3-2-4-7-24)29-15-14-27(34(38)39)21-30(29)36(33)22-31(37)35-16-18-41-19-17-35/h5,8-15,20-21,24H,2-4,6-7,16-19,22H2,1H3,(H,38,39). The quantitative estimate of drug-likeness (QED) is 0.280. The number of rotatable bonds is 7. The Bertz CT molecular complexity index is 1560. The van der Waals surface area contributed by atoms with Crippen LogP contribution in [0.15, 0.2) is 66.7 Å². The summed E-state index contributed by atoms with van der Waals surface area (Å²) in [5, 5.41) is 10.9. The number of hydrogen-bond acceptors (Lipinski definition) is 4. The van der Waals surface area contributed by atoms with Crippen molar-refractivity contribution in [1.29, 1.82) is 0 Å². The second-order valence-corrected chi connectivity index (χ2v) is 11.0. The Morgan fingerprint density at radius 1 is 0.902 bits per heavy atom. The van der Waals surface area contributed by atoms with Gasteiger partial charge in [0, 0.05) is 18.5 Å². The van der Waals surface area contributed by atoms with Crippen LogP contribution in [0.2, 0.25) is 0 Å². The van der Waals surface area contributed by atoms with E-state index in [9.17, 15) is 14.7 Å². The summed E-state index contributed by atoms with van der Waals surface area (Å²) in [7, 11) is 1.67. The summed E-state index contributed by atoms with van der Waals surface area (Å²) in [5.41, 5.74) is 6.46.